The number of benzene rings is 1. The normalized spacial score (nSPS) is 21.7. The molecule has 0 aliphatic heterocycles. The van der Waals surface area contributed by atoms with Crippen LogP contribution in [0.1, 0.15) is 91.0 Å². The van der Waals surface area contributed by atoms with Crippen LogP contribution < -0.4 is 0 Å². The first-order valence-corrected chi connectivity index (χ1v) is 13.3. The monoisotopic (exact) mass is 491 g/mol. The van der Waals surface area contributed by atoms with Crippen LogP contribution in [0.5, 0.6) is 0 Å². The summed E-state index contributed by atoms with van der Waals surface area (Å²) >= 11 is 6.02. The van der Waals surface area contributed by atoms with E-state index in [1.165, 1.54) is 11.1 Å². The molecule has 3 atom stereocenters. The van der Waals surface area contributed by atoms with Crippen molar-refractivity contribution in [3.05, 3.63) is 57.9 Å². The van der Waals surface area contributed by atoms with Crippen molar-refractivity contribution in [2.45, 2.75) is 91.5 Å². The van der Waals surface area contributed by atoms with Gasteiger partial charge in [-0.15, -0.1) is 0 Å². The summed E-state index contributed by atoms with van der Waals surface area (Å²) in [6, 6.07) is 5.45. The summed E-state index contributed by atoms with van der Waals surface area (Å²) in [5.41, 5.74) is 3.73. The van der Waals surface area contributed by atoms with Crippen LogP contribution in [0.2, 0.25) is 5.02 Å². The van der Waals surface area contributed by atoms with Gasteiger partial charge in [0.2, 0.25) is 0 Å². The lowest BCUT2D eigenvalue weighted by atomic mass is 9.70. The molecule has 0 saturated heterocycles. The minimum Gasteiger partial charge on any atom is -0.466 e. The molecule has 1 aliphatic rings. The van der Waals surface area contributed by atoms with E-state index in [0.717, 1.165) is 57.2 Å². The highest BCUT2D eigenvalue weighted by Gasteiger charge is 2.38. The van der Waals surface area contributed by atoms with Crippen LogP contribution in [0.3, 0.4) is 0 Å². The largest absolute Gasteiger partial charge is 0.466 e. The number of ether oxygens (including phenoxy) is 1. The van der Waals surface area contributed by atoms with Crippen LogP contribution >= 0.6 is 11.6 Å². The van der Waals surface area contributed by atoms with Crippen molar-refractivity contribution in [3.63, 3.8) is 0 Å². The van der Waals surface area contributed by atoms with Gasteiger partial charge in [-0.1, -0.05) is 47.4 Å². The molecule has 34 heavy (non-hydrogen) atoms. The number of hydrogen-bond donors (Lipinski definition) is 0. The number of allylic oxidation sites excluding steroid dienone is 3. The first-order valence-electron chi connectivity index (χ1n) is 12.9. The third-order valence-electron chi connectivity index (χ3n) is 7.32. The third-order valence-corrected chi connectivity index (χ3v) is 7.63. The second-order valence-electron chi connectivity index (χ2n) is 9.63. The molecular formula is C29H43ClFNO2. The molecule has 0 N–H and O–H groups in total. The van der Waals surface area contributed by atoms with Crippen molar-refractivity contribution in [2.75, 3.05) is 19.7 Å². The first kappa shape index (κ1) is 28.6. The van der Waals surface area contributed by atoms with E-state index in [1.54, 1.807) is 12.1 Å². The smallest absolute Gasteiger partial charge is 0.306 e. The number of nitrogens with zero attached hydrogens (tertiary/aromatic N) is 1. The fourth-order valence-corrected chi connectivity index (χ4v) is 5.28. The summed E-state index contributed by atoms with van der Waals surface area (Å²) < 4.78 is 19.9. The second kappa shape index (κ2) is 14.7. The van der Waals surface area contributed by atoms with Gasteiger partial charge in [0, 0.05) is 24.9 Å². The molecule has 1 aromatic rings. The highest BCUT2D eigenvalue weighted by atomic mass is 35.5. The second-order valence-corrected chi connectivity index (χ2v) is 10.0. The Labute approximate surface area is 211 Å². The maximum absolute atomic E-state index is 14.6. The average Bonchev–Trinajstić information content (AvgIpc) is 2.82. The summed E-state index contributed by atoms with van der Waals surface area (Å²) in [7, 11) is 0. The van der Waals surface area contributed by atoms with Gasteiger partial charge in [-0.3, -0.25) is 9.69 Å². The Bertz CT molecular complexity index is 851. The van der Waals surface area contributed by atoms with Gasteiger partial charge in [-0.2, -0.15) is 0 Å². The van der Waals surface area contributed by atoms with Gasteiger partial charge in [0.1, 0.15) is 5.82 Å². The zero-order valence-corrected chi connectivity index (χ0v) is 22.5. The first-order chi connectivity index (χ1) is 16.3. The molecule has 5 heteroatoms. The Morgan fingerprint density at radius 3 is 2.50 bits per heavy atom. The van der Waals surface area contributed by atoms with Crippen LogP contribution in [-0.2, 0) is 9.53 Å². The fourth-order valence-electron chi connectivity index (χ4n) is 5.16. The zero-order chi connectivity index (χ0) is 25.1. The van der Waals surface area contributed by atoms with Gasteiger partial charge in [0.05, 0.1) is 11.6 Å². The number of esters is 1. The van der Waals surface area contributed by atoms with Gasteiger partial charge < -0.3 is 4.74 Å². The summed E-state index contributed by atoms with van der Waals surface area (Å²) in [4.78, 5) is 15.1. The Balaban J connectivity index is 2.38. The van der Waals surface area contributed by atoms with E-state index in [1.807, 2.05) is 13.0 Å². The molecule has 190 valence electrons. The highest BCUT2D eigenvalue weighted by Crippen LogP contribution is 2.43. The molecule has 0 aromatic heterocycles. The molecule has 1 aromatic carbocycles. The molecule has 1 aliphatic carbocycles. The van der Waals surface area contributed by atoms with Crippen LogP contribution in [0.25, 0.3) is 0 Å². The number of carbonyl (C=O) groups excluding carboxylic acids is 1. The van der Waals surface area contributed by atoms with Gasteiger partial charge >= 0.3 is 5.97 Å². The predicted octanol–water partition coefficient (Wildman–Crippen LogP) is 8.09. The van der Waals surface area contributed by atoms with Crippen molar-refractivity contribution in [1.82, 2.24) is 4.90 Å². The molecule has 3 nitrogen and oxygen atoms in total. The Morgan fingerprint density at radius 1 is 1.15 bits per heavy atom. The van der Waals surface area contributed by atoms with Crippen molar-refractivity contribution in [1.29, 1.82) is 0 Å². The van der Waals surface area contributed by atoms with Crippen molar-refractivity contribution < 1.29 is 13.9 Å². The van der Waals surface area contributed by atoms with Crippen LogP contribution in [0, 0.1) is 11.7 Å². The fraction of sp³-hybridized carbons (Fsp3) is 0.621. The number of carbonyl (C=O) groups is 1. The molecule has 0 spiro atoms. The lowest BCUT2D eigenvalue weighted by molar-refractivity contribution is -0.144. The minimum absolute atomic E-state index is 0.0682. The SMILES string of the molecule is C/C=C(/C)CCCN(CC/C(C)=C/C)C1CCCC(CC(=O)OCC)C1c1ccc(Cl)c(F)c1. The lowest BCUT2D eigenvalue weighted by Gasteiger charge is -2.44. The highest BCUT2D eigenvalue weighted by molar-refractivity contribution is 6.30. The lowest BCUT2D eigenvalue weighted by Crippen LogP contribution is -2.46. The Hall–Kier alpha value is -1.65. The molecular weight excluding hydrogens is 449 g/mol. The van der Waals surface area contributed by atoms with Crippen molar-refractivity contribution in [2.24, 2.45) is 5.92 Å². The van der Waals surface area contributed by atoms with Crippen LogP contribution in [-0.4, -0.2) is 36.6 Å². The molecule has 1 fully saturated rings. The minimum atomic E-state index is -0.390. The van der Waals surface area contributed by atoms with E-state index in [2.05, 4.69) is 44.7 Å². The summed E-state index contributed by atoms with van der Waals surface area (Å²) in [6.07, 6.45) is 11.0. The quantitative estimate of drug-likeness (QED) is 0.218. The molecule has 3 unspecified atom stereocenters. The molecule has 0 amide bonds. The maximum Gasteiger partial charge on any atom is 0.306 e. The summed E-state index contributed by atoms with van der Waals surface area (Å²) in [6.45, 7) is 12.7. The molecule has 2 rings (SSSR count). The zero-order valence-electron chi connectivity index (χ0n) is 21.7. The van der Waals surface area contributed by atoms with E-state index in [0.29, 0.717) is 13.0 Å². The molecule has 0 bridgehead atoms. The number of halogens is 2. The predicted molar refractivity (Wildman–Crippen MR) is 141 cm³/mol. The molecule has 0 heterocycles. The molecule has 1 saturated carbocycles. The standard InChI is InChI=1S/C29H43ClFNO2/c1-6-21(4)11-10-17-32(18-16-22(5)7-2)27-13-9-12-23(20-28(33)34-8-3)29(27)24-14-15-25(30)26(31)19-24/h6-7,14-15,19,23,27,29H,8-13,16-18,20H2,1-5H3/b21-6-,22-7+. The van der Waals surface area contributed by atoms with Gasteiger partial charge in [-0.05, 0) is 96.9 Å². The molecule has 0 radical (unpaired) electrons. The number of hydrogen-bond acceptors (Lipinski definition) is 3. The van der Waals surface area contributed by atoms with Gasteiger partial charge in [-0.25, -0.2) is 4.39 Å². The van der Waals surface area contributed by atoms with Crippen LogP contribution in [0.4, 0.5) is 4.39 Å². The topological polar surface area (TPSA) is 29.5 Å². The number of rotatable bonds is 12. The van der Waals surface area contributed by atoms with E-state index in [-0.39, 0.29) is 28.9 Å². The van der Waals surface area contributed by atoms with Gasteiger partial charge in [0.15, 0.2) is 0 Å². The van der Waals surface area contributed by atoms with Crippen molar-refractivity contribution >= 4 is 17.6 Å². The van der Waals surface area contributed by atoms with Gasteiger partial charge in [0.25, 0.3) is 0 Å². The average molecular weight is 492 g/mol. The Kier molecular flexibility index (Phi) is 12.3. The van der Waals surface area contributed by atoms with E-state index < -0.39 is 5.82 Å². The maximum atomic E-state index is 14.6. The summed E-state index contributed by atoms with van der Waals surface area (Å²) in [5, 5.41) is 0.139. The Morgan fingerprint density at radius 2 is 1.85 bits per heavy atom. The van der Waals surface area contributed by atoms with Crippen LogP contribution in [0.15, 0.2) is 41.5 Å². The third kappa shape index (κ3) is 8.53. The van der Waals surface area contributed by atoms with Crippen molar-refractivity contribution in [3.8, 4) is 0 Å². The summed E-state index contributed by atoms with van der Waals surface area (Å²) in [5.74, 6) is -0.356. The van der Waals surface area contributed by atoms with E-state index >= 15 is 0 Å². The van der Waals surface area contributed by atoms with E-state index in [9.17, 15) is 9.18 Å². The van der Waals surface area contributed by atoms with E-state index in [4.69, 9.17) is 16.3 Å².